The second-order valence-corrected chi connectivity index (χ2v) is 8.01. The summed E-state index contributed by atoms with van der Waals surface area (Å²) in [6.45, 7) is 14.8. The summed E-state index contributed by atoms with van der Waals surface area (Å²) in [7, 11) is 5.91. The highest BCUT2D eigenvalue weighted by Gasteiger charge is 2.37. The third kappa shape index (κ3) is 5.04. The molecule has 1 aliphatic heterocycles. The molecule has 2 aliphatic rings. The maximum absolute atomic E-state index is 6.25. The van der Waals surface area contributed by atoms with Crippen molar-refractivity contribution in [3.8, 4) is 0 Å². The molecule has 0 saturated carbocycles. The molecule has 0 amide bonds. The molecule has 3 atom stereocenters. The monoisotopic (exact) mass is 372 g/mol. The molecule has 1 heterocycles. The van der Waals surface area contributed by atoms with Crippen LogP contribution in [0.3, 0.4) is 0 Å². The molecule has 0 radical (unpaired) electrons. The number of allylic oxidation sites excluding steroid dienone is 4. The average Bonchev–Trinajstić information content (AvgIpc) is 2.86. The van der Waals surface area contributed by atoms with E-state index in [0.29, 0.717) is 5.92 Å². The van der Waals surface area contributed by atoms with Crippen molar-refractivity contribution in [1.29, 1.82) is 0 Å². The highest BCUT2D eigenvalue weighted by Crippen LogP contribution is 2.29. The van der Waals surface area contributed by atoms with E-state index in [9.17, 15) is 0 Å². The summed E-state index contributed by atoms with van der Waals surface area (Å²) in [5.74, 6) is 2.22. The molecule has 0 aromatic rings. The van der Waals surface area contributed by atoms with Gasteiger partial charge in [-0.15, -0.1) is 0 Å². The van der Waals surface area contributed by atoms with E-state index in [2.05, 4.69) is 62.8 Å². The fraction of sp³-hybridized carbons (Fsp3) is 0.591. The van der Waals surface area contributed by atoms with Crippen molar-refractivity contribution in [2.24, 2.45) is 10.9 Å². The van der Waals surface area contributed by atoms with Crippen LogP contribution in [0.25, 0.3) is 0 Å². The van der Waals surface area contributed by atoms with Gasteiger partial charge in [-0.3, -0.25) is 4.99 Å². The summed E-state index contributed by atoms with van der Waals surface area (Å²) in [5, 5.41) is 6.52. The molecule has 3 unspecified atom stereocenters. The predicted molar refractivity (Wildman–Crippen MR) is 115 cm³/mol. The Labute approximate surface area is 165 Å². The van der Waals surface area contributed by atoms with Crippen LogP contribution in [0.1, 0.15) is 40.0 Å². The number of rotatable bonds is 7. The molecular formula is C22H36N4O. The van der Waals surface area contributed by atoms with E-state index in [1.54, 1.807) is 0 Å². The number of likely N-dealkylation sites (N-methyl/N-ethyl adjacent to an activating group) is 3. The molecule has 0 aromatic heterocycles. The van der Waals surface area contributed by atoms with Crippen molar-refractivity contribution in [2.75, 3.05) is 21.1 Å². The fourth-order valence-electron chi connectivity index (χ4n) is 3.54. The van der Waals surface area contributed by atoms with Gasteiger partial charge in [-0.05, 0) is 52.7 Å². The minimum atomic E-state index is -0.225. The Morgan fingerprint density at radius 1 is 1.41 bits per heavy atom. The van der Waals surface area contributed by atoms with Gasteiger partial charge in [0.25, 0.3) is 0 Å². The molecule has 1 aliphatic carbocycles. The number of ether oxygens (including phenoxy) is 1. The lowest BCUT2D eigenvalue weighted by molar-refractivity contribution is 0.0956. The fourth-order valence-corrected chi connectivity index (χ4v) is 3.54. The largest absolute Gasteiger partial charge is 0.487 e. The van der Waals surface area contributed by atoms with Crippen molar-refractivity contribution < 1.29 is 4.74 Å². The van der Waals surface area contributed by atoms with Gasteiger partial charge >= 0.3 is 0 Å². The summed E-state index contributed by atoms with van der Waals surface area (Å²) >= 11 is 0. The van der Waals surface area contributed by atoms with E-state index in [-0.39, 0.29) is 17.7 Å². The molecule has 2 rings (SSSR count). The van der Waals surface area contributed by atoms with Gasteiger partial charge in [0.05, 0.1) is 23.0 Å². The number of hydrogen-bond acceptors (Lipinski definition) is 5. The minimum absolute atomic E-state index is 0.00434. The number of aliphatic imine (C=N–C) groups is 1. The quantitative estimate of drug-likeness (QED) is 0.671. The molecular weight excluding hydrogens is 336 g/mol. The first-order chi connectivity index (χ1) is 12.7. The Hall–Kier alpha value is -2.01. The second-order valence-electron chi connectivity index (χ2n) is 8.01. The Balaban J connectivity index is 2.03. The molecule has 0 bridgehead atoms. The van der Waals surface area contributed by atoms with Gasteiger partial charge in [0.2, 0.25) is 0 Å². The maximum Gasteiger partial charge on any atom is 0.159 e. The predicted octanol–water partition coefficient (Wildman–Crippen LogP) is 3.59. The lowest BCUT2D eigenvalue weighted by atomic mass is 9.97. The van der Waals surface area contributed by atoms with Crippen LogP contribution in [-0.2, 0) is 4.74 Å². The zero-order valence-electron chi connectivity index (χ0n) is 17.8. The van der Waals surface area contributed by atoms with E-state index in [0.717, 1.165) is 36.6 Å². The first-order valence-electron chi connectivity index (χ1n) is 9.79. The summed E-state index contributed by atoms with van der Waals surface area (Å²) < 4.78 is 6.25. The normalized spacial score (nSPS) is 26.2. The van der Waals surface area contributed by atoms with Crippen molar-refractivity contribution in [2.45, 2.75) is 57.7 Å². The third-order valence-corrected chi connectivity index (χ3v) is 5.55. The molecule has 27 heavy (non-hydrogen) atoms. The van der Waals surface area contributed by atoms with Gasteiger partial charge in [0, 0.05) is 26.2 Å². The smallest absolute Gasteiger partial charge is 0.159 e. The van der Waals surface area contributed by atoms with E-state index < -0.39 is 0 Å². The van der Waals surface area contributed by atoms with Crippen LogP contribution in [0.2, 0.25) is 0 Å². The van der Waals surface area contributed by atoms with Crippen LogP contribution in [0.4, 0.5) is 0 Å². The second kappa shape index (κ2) is 8.79. The maximum atomic E-state index is 6.25. The van der Waals surface area contributed by atoms with Gasteiger partial charge in [0.1, 0.15) is 5.84 Å². The topological polar surface area (TPSA) is 48.9 Å². The summed E-state index contributed by atoms with van der Waals surface area (Å²) in [6, 6.07) is -0.00434. The lowest BCUT2D eigenvalue weighted by Gasteiger charge is -2.42. The van der Waals surface area contributed by atoms with Gasteiger partial charge in [-0.25, -0.2) is 0 Å². The van der Waals surface area contributed by atoms with Gasteiger partial charge in [-0.2, -0.15) is 0 Å². The van der Waals surface area contributed by atoms with Gasteiger partial charge in [0.15, 0.2) is 6.10 Å². The summed E-state index contributed by atoms with van der Waals surface area (Å²) in [5.41, 5.74) is 1.87. The van der Waals surface area contributed by atoms with Crippen molar-refractivity contribution >= 4 is 5.84 Å². The molecule has 0 saturated heterocycles. The lowest BCUT2D eigenvalue weighted by Crippen LogP contribution is -2.56. The van der Waals surface area contributed by atoms with E-state index in [1.165, 1.54) is 5.70 Å². The highest BCUT2D eigenvalue weighted by molar-refractivity contribution is 5.93. The van der Waals surface area contributed by atoms with Crippen LogP contribution in [0, 0.1) is 5.92 Å². The van der Waals surface area contributed by atoms with E-state index >= 15 is 0 Å². The molecule has 150 valence electrons. The van der Waals surface area contributed by atoms with Crippen LogP contribution >= 0.6 is 0 Å². The van der Waals surface area contributed by atoms with Crippen LogP contribution in [0.15, 0.2) is 53.5 Å². The number of nitrogens with zero attached hydrogens (tertiary/aromatic N) is 2. The summed E-state index contributed by atoms with van der Waals surface area (Å²) in [4.78, 5) is 6.94. The van der Waals surface area contributed by atoms with E-state index in [1.807, 2.05) is 26.0 Å². The van der Waals surface area contributed by atoms with Gasteiger partial charge < -0.3 is 20.3 Å². The Morgan fingerprint density at radius 2 is 2.11 bits per heavy atom. The third-order valence-electron chi connectivity index (χ3n) is 5.55. The standard InChI is InChI=1S/C22H36N4O/c1-15(14-18-10-9-11-19(23-6)13-12-18)27-20-16(2)25-21(22(4,5)24-7)26(8)17(20)3/h11-13,16,18,20,23-24H,1,3,9-10,14H2,2,4-8H3. The van der Waals surface area contributed by atoms with E-state index in [4.69, 9.17) is 9.73 Å². The van der Waals surface area contributed by atoms with Gasteiger partial charge in [-0.1, -0.05) is 25.3 Å². The van der Waals surface area contributed by atoms with Crippen LogP contribution < -0.4 is 10.6 Å². The first kappa shape index (κ1) is 21.3. The first-order valence-corrected chi connectivity index (χ1v) is 9.79. The molecule has 0 spiro atoms. The van der Waals surface area contributed by atoms with Crippen molar-refractivity contribution in [1.82, 2.24) is 15.5 Å². The van der Waals surface area contributed by atoms with Crippen molar-refractivity contribution in [3.05, 3.63) is 48.5 Å². The molecule has 2 N–H and O–H groups in total. The Bertz CT molecular complexity index is 659. The Kier molecular flexibility index (Phi) is 6.93. The molecule has 0 aromatic carbocycles. The molecule has 5 heteroatoms. The SMILES string of the molecule is C=C(CC1C=CC(NC)=CCC1)OC1C(=C)N(C)C(C(C)(C)NC)=NC1C. The molecule has 5 nitrogen and oxygen atoms in total. The highest BCUT2D eigenvalue weighted by atomic mass is 16.5. The summed E-state index contributed by atoms with van der Waals surface area (Å²) in [6.07, 6.45) is 9.44. The Morgan fingerprint density at radius 3 is 2.74 bits per heavy atom. The number of amidine groups is 1. The van der Waals surface area contributed by atoms with Crippen LogP contribution in [-0.4, -0.2) is 49.6 Å². The zero-order valence-corrected chi connectivity index (χ0v) is 17.8. The van der Waals surface area contributed by atoms with Crippen molar-refractivity contribution in [3.63, 3.8) is 0 Å². The minimum Gasteiger partial charge on any atom is -0.487 e. The zero-order chi connectivity index (χ0) is 20.2. The number of nitrogens with one attached hydrogen (secondary N) is 2. The average molecular weight is 373 g/mol. The van der Waals surface area contributed by atoms with Crippen LogP contribution in [0.5, 0.6) is 0 Å². The molecule has 0 fully saturated rings. The number of hydrogen-bond donors (Lipinski definition) is 2.